The van der Waals surface area contributed by atoms with Gasteiger partial charge in [0.05, 0.1) is 5.69 Å². The Balaban J connectivity index is 1.73. The van der Waals surface area contributed by atoms with E-state index in [4.69, 9.17) is 0 Å². The Morgan fingerprint density at radius 1 is 1.13 bits per heavy atom. The van der Waals surface area contributed by atoms with E-state index in [-0.39, 0.29) is 11.7 Å². The lowest BCUT2D eigenvalue weighted by Crippen LogP contribution is -2.05. The Morgan fingerprint density at radius 2 is 1.87 bits per heavy atom. The quantitative estimate of drug-likeness (QED) is 0.733. The Kier molecular flexibility index (Phi) is 4.34. The van der Waals surface area contributed by atoms with Crippen LogP contribution in [0.25, 0.3) is 11.3 Å². The van der Waals surface area contributed by atoms with Gasteiger partial charge in [0.2, 0.25) is 5.91 Å². The molecule has 2 aromatic carbocycles. The van der Waals surface area contributed by atoms with Crippen LogP contribution in [0.1, 0.15) is 6.92 Å². The van der Waals surface area contributed by atoms with Crippen molar-refractivity contribution in [2.75, 3.05) is 10.6 Å². The fourth-order valence-corrected chi connectivity index (χ4v) is 2.82. The molecule has 0 aliphatic rings. The van der Waals surface area contributed by atoms with Crippen molar-refractivity contribution in [1.82, 2.24) is 4.98 Å². The summed E-state index contributed by atoms with van der Waals surface area (Å²) in [5, 5.41) is 8.50. The van der Waals surface area contributed by atoms with Crippen LogP contribution in [-0.2, 0) is 4.79 Å². The molecule has 0 atom stereocenters. The summed E-state index contributed by atoms with van der Waals surface area (Å²) >= 11 is 1.45. The molecule has 0 bridgehead atoms. The largest absolute Gasteiger partial charge is 0.332 e. The minimum absolute atomic E-state index is 0.106. The van der Waals surface area contributed by atoms with E-state index in [2.05, 4.69) is 15.6 Å². The summed E-state index contributed by atoms with van der Waals surface area (Å²) in [5.41, 5.74) is 3.07. The van der Waals surface area contributed by atoms with Crippen LogP contribution in [0.15, 0.2) is 53.9 Å². The molecule has 0 unspecified atom stereocenters. The number of anilines is 3. The van der Waals surface area contributed by atoms with Crippen LogP contribution in [0.5, 0.6) is 0 Å². The second-order valence-corrected chi connectivity index (χ2v) is 5.79. The molecule has 23 heavy (non-hydrogen) atoms. The second kappa shape index (κ2) is 6.58. The molecule has 1 heterocycles. The lowest BCUT2D eigenvalue weighted by atomic mass is 10.2. The molecule has 2 N–H and O–H groups in total. The van der Waals surface area contributed by atoms with E-state index in [1.165, 1.54) is 30.4 Å². The van der Waals surface area contributed by atoms with Crippen molar-refractivity contribution in [2.45, 2.75) is 6.92 Å². The number of aromatic nitrogens is 1. The van der Waals surface area contributed by atoms with Crippen molar-refractivity contribution in [2.24, 2.45) is 0 Å². The van der Waals surface area contributed by atoms with Crippen molar-refractivity contribution < 1.29 is 9.18 Å². The summed E-state index contributed by atoms with van der Waals surface area (Å²) in [4.78, 5) is 15.4. The minimum Gasteiger partial charge on any atom is -0.332 e. The van der Waals surface area contributed by atoms with E-state index in [0.29, 0.717) is 0 Å². The van der Waals surface area contributed by atoms with Crippen LogP contribution in [0, 0.1) is 5.82 Å². The molecule has 0 radical (unpaired) electrons. The van der Waals surface area contributed by atoms with Gasteiger partial charge in [-0.15, -0.1) is 11.3 Å². The van der Waals surface area contributed by atoms with Gasteiger partial charge in [-0.25, -0.2) is 9.37 Å². The molecule has 0 saturated heterocycles. The maximum absolute atomic E-state index is 13.3. The molecule has 4 nitrogen and oxygen atoms in total. The van der Waals surface area contributed by atoms with E-state index in [9.17, 15) is 9.18 Å². The zero-order valence-corrected chi connectivity index (χ0v) is 13.2. The number of carbonyl (C=O) groups excluding carboxylic acids is 1. The maximum Gasteiger partial charge on any atom is 0.221 e. The number of amides is 1. The van der Waals surface area contributed by atoms with Gasteiger partial charge in [0.25, 0.3) is 0 Å². The highest BCUT2D eigenvalue weighted by Gasteiger charge is 2.06. The molecular formula is C17H14FN3OS. The molecule has 0 aliphatic heterocycles. The van der Waals surface area contributed by atoms with Gasteiger partial charge in [-0.2, -0.15) is 0 Å². The molecule has 3 rings (SSSR count). The van der Waals surface area contributed by atoms with Gasteiger partial charge >= 0.3 is 0 Å². The highest BCUT2D eigenvalue weighted by molar-refractivity contribution is 7.14. The number of carbonyl (C=O) groups is 1. The average Bonchev–Trinajstić information content (AvgIpc) is 2.97. The number of thiazole rings is 1. The zero-order valence-electron chi connectivity index (χ0n) is 12.3. The Hall–Kier alpha value is -2.73. The van der Waals surface area contributed by atoms with Crippen molar-refractivity contribution in [3.05, 3.63) is 59.7 Å². The van der Waals surface area contributed by atoms with Gasteiger partial charge in [-0.1, -0.05) is 12.1 Å². The number of hydrogen-bond acceptors (Lipinski definition) is 4. The summed E-state index contributed by atoms with van der Waals surface area (Å²) in [5.74, 6) is -0.385. The summed E-state index contributed by atoms with van der Waals surface area (Å²) in [6, 6.07) is 13.7. The molecule has 3 aromatic rings. The molecule has 116 valence electrons. The van der Waals surface area contributed by atoms with E-state index in [0.717, 1.165) is 27.8 Å². The summed E-state index contributed by atoms with van der Waals surface area (Å²) in [7, 11) is 0. The second-order valence-electron chi connectivity index (χ2n) is 4.93. The fourth-order valence-electron chi connectivity index (χ4n) is 2.08. The molecule has 0 saturated carbocycles. The predicted molar refractivity (Wildman–Crippen MR) is 91.5 cm³/mol. The highest BCUT2D eigenvalue weighted by Crippen LogP contribution is 2.27. The summed E-state index contributed by atoms with van der Waals surface area (Å²) in [6.07, 6.45) is 0. The summed E-state index contributed by atoms with van der Waals surface area (Å²) in [6.45, 7) is 1.47. The average molecular weight is 327 g/mol. The molecule has 0 fully saturated rings. The van der Waals surface area contributed by atoms with Gasteiger partial charge < -0.3 is 10.6 Å². The number of nitrogens with zero attached hydrogens (tertiary/aromatic N) is 1. The molecule has 6 heteroatoms. The predicted octanol–water partition coefficient (Wildman–Crippen LogP) is 4.65. The fraction of sp³-hybridized carbons (Fsp3) is 0.0588. The van der Waals surface area contributed by atoms with Crippen LogP contribution in [-0.4, -0.2) is 10.9 Å². The molecule has 1 aromatic heterocycles. The topological polar surface area (TPSA) is 54.0 Å². The van der Waals surface area contributed by atoms with Crippen LogP contribution >= 0.6 is 11.3 Å². The van der Waals surface area contributed by atoms with Crippen molar-refractivity contribution in [3.63, 3.8) is 0 Å². The standard InChI is InChI=1S/C17H14FN3OS/c1-11(22)19-14-5-7-15(8-6-14)20-17-21-16(10-23-17)12-3-2-4-13(18)9-12/h2-10H,1H3,(H,19,22)(H,20,21). The van der Waals surface area contributed by atoms with Gasteiger partial charge in [0, 0.05) is 29.2 Å². The van der Waals surface area contributed by atoms with E-state index in [1.54, 1.807) is 6.07 Å². The van der Waals surface area contributed by atoms with Crippen molar-refractivity contribution >= 4 is 33.8 Å². The molecule has 1 amide bonds. The zero-order chi connectivity index (χ0) is 16.2. The number of nitrogens with one attached hydrogen (secondary N) is 2. The molecule has 0 aliphatic carbocycles. The van der Waals surface area contributed by atoms with E-state index >= 15 is 0 Å². The first-order valence-electron chi connectivity index (χ1n) is 6.96. The van der Waals surface area contributed by atoms with Gasteiger partial charge in [-0.05, 0) is 36.4 Å². The first-order valence-corrected chi connectivity index (χ1v) is 7.84. The first-order chi connectivity index (χ1) is 11.1. The third-order valence-corrected chi connectivity index (χ3v) is 3.84. The van der Waals surface area contributed by atoms with Crippen LogP contribution < -0.4 is 10.6 Å². The Bertz CT molecular complexity index is 830. The van der Waals surface area contributed by atoms with Crippen LogP contribution in [0.2, 0.25) is 0 Å². The van der Waals surface area contributed by atoms with Crippen molar-refractivity contribution in [1.29, 1.82) is 0 Å². The highest BCUT2D eigenvalue weighted by atomic mass is 32.1. The Morgan fingerprint density at radius 3 is 2.57 bits per heavy atom. The van der Waals surface area contributed by atoms with Crippen LogP contribution in [0.3, 0.4) is 0 Å². The third kappa shape index (κ3) is 3.92. The van der Waals surface area contributed by atoms with Gasteiger partial charge in [0.1, 0.15) is 5.82 Å². The third-order valence-electron chi connectivity index (χ3n) is 3.08. The number of halogens is 1. The van der Waals surface area contributed by atoms with Gasteiger partial charge in [-0.3, -0.25) is 4.79 Å². The lowest BCUT2D eigenvalue weighted by molar-refractivity contribution is -0.114. The molecule has 0 spiro atoms. The smallest absolute Gasteiger partial charge is 0.221 e. The first kappa shape index (κ1) is 15.2. The number of hydrogen-bond donors (Lipinski definition) is 2. The van der Waals surface area contributed by atoms with Crippen LogP contribution in [0.4, 0.5) is 20.9 Å². The van der Waals surface area contributed by atoms with Gasteiger partial charge in [0.15, 0.2) is 5.13 Å². The monoisotopic (exact) mass is 327 g/mol. The number of rotatable bonds is 4. The van der Waals surface area contributed by atoms with Crippen molar-refractivity contribution in [3.8, 4) is 11.3 Å². The molecular weight excluding hydrogens is 313 g/mol. The maximum atomic E-state index is 13.3. The van der Waals surface area contributed by atoms with E-state index in [1.807, 2.05) is 35.7 Å². The normalized spacial score (nSPS) is 10.3. The Labute approximate surface area is 137 Å². The minimum atomic E-state index is -0.279. The summed E-state index contributed by atoms with van der Waals surface area (Å²) < 4.78 is 13.3. The number of benzene rings is 2. The van der Waals surface area contributed by atoms with E-state index < -0.39 is 0 Å². The SMILES string of the molecule is CC(=O)Nc1ccc(Nc2nc(-c3cccc(F)c3)cs2)cc1. The lowest BCUT2D eigenvalue weighted by Gasteiger charge is -2.05.